The first kappa shape index (κ1) is 8.80. The van der Waals surface area contributed by atoms with Crippen LogP contribution in [0, 0.1) is 17.0 Å². The largest absolute Gasteiger partial charge is 0.507 e. The van der Waals surface area contributed by atoms with Crippen molar-refractivity contribution in [3.8, 4) is 5.75 Å². The van der Waals surface area contributed by atoms with E-state index in [0.29, 0.717) is 5.56 Å². The van der Waals surface area contributed by atoms with Gasteiger partial charge in [-0.3, -0.25) is 10.1 Å². The molecule has 4 nitrogen and oxygen atoms in total. The second-order valence-electron chi connectivity index (χ2n) is 2.35. The Hall–Kier alpha value is -1.29. The third-order valence-corrected chi connectivity index (χ3v) is 1.76. The molecule has 0 aliphatic carbocycles. The van der Waals surface area contributed by atoms with Crippen LogP contribution in [0.15, 0.2) is 12.1 Å². The smallest absolute Gasteiger partial charge is 0.291 e. The summed E-state index contributed by atoms with van der Waals surface area (Å²) < 4.78 is 0. The SMILES string of the molecule is Cc1cc(Cl)c([N+](=O)[O-])cc1O. The summed E-state index contributed by atoms with van der Waals surface area (Å²) in [6.07, 6.45) is 0. The van der Waals surface area contributed by atoms with Gasteiger partial charge in [0, 0.05) is 0 Å². The molecule has 0 aliphatic heterocycles. The lowest BCUT2D eigenvalue weighted by atomic mass is 10.2. The Labute approximate surface area is 73.5 Å². The van der Waals surface area contributed by atoms with Crippen LogP contribution in [0.4, 0.5) is 5.69 Å². The lowest BCUT2D eigenvalue weighted by Crippen LogP contribution is -1.89. The van der Waals surface area contributed by atoms with Crippen LogP contribution in [0.25, 0.3) is 0 Å². The van der Waals surface area contributed by atoms with E-state index in [9.17, 15) is 10.1 Å². The number of phenolic OH excluding ortho intramolecular Hbond substituents is 1. The van der Waals surface area contributed by atoms with E-state index in [1.54, 1.807) is 6.92 Å². The topological polar surface area (TPSA) is 63.4 Å². The van der Waals surface area contributed by atoms with Gasteiger partial charge in [0.2, 0.25) is 0 Å². The average Bonchev–Trinajstić information content (AvgIpc) is 1.96. The molecule has 1 aromatic carbocycles. The van der Waals surface area contributed by atoms with Crippen LogP contribution in [0.3, 0.4) is 0 Å². The van der Waals surface area contributed by atoms with Gasteiger partial charge in [-0.05, 0) is 18.6 Å². The van der Waals surface area contributed by atoms with Crippen LogP contribution in [0.5, 0.6) is 5.75 Å². The highest BCUT2D eigenvalue weighted by Crippen LogP contribution is 2.30. The number of nitro groups is 1. The number of benzene rings is 1. The van der Waals surface area contributed by atoms with Crippen LogP contribution in [0.2, 0.25) is 5.02 Å². The Balaban J connectivity index is 3.33. The normalized spacial score (nSPS) is 9.83. The van der Waals surface area contributed by atoms with Crippen LogP contribution in [-0.2, 0) is 0 Å². The van der Waals surface area contributed by atoms with Crippen LogP contribution >= 0.6 is 11.6 Å². The van der Waals surface area contributed by atoms with E-state index in [1.807, 2.05) is 0 Å². The Morgan fingerprint density at radius 1 is 1.58 bits per heavy atom. The molecule has 0 amide bonds. The molecule has 5 heteroatoms. The number of nitro benzene ring substituents is 1. The molecule has 64 valence electrons. The fraction of sp³-hybridized carbons (Fsp3) is 0.143. The predicted octanol–water partition coefficient (Wildman–Crippen LogP) is 2.26. The summed E-state index contributed by atoms with van der Waals surface area (Å²) in [6, 6.07) is 2.40. The van der Waals surface area contributed by atoms with Crippen molar-refractivity contribution >= 4 is 17.3 Å². The third kappa shape index (κ3) is 1.48. The molecule has 1 rings (SSSR count). The first-order valence-electron chi connectivity index (χ1n) is 3.16. The molecular formula is C7H6ClNO3. The maximum absolute atomic E-state index is 10.3. The van der Waals surface area contributed by atoms with Gasteiger partial charge in [-0.15, -0.1) is 0 Å². The molecule has 1 N–H and O–H groups in total. The molecular weight excluding hydrogens is 182 g/mol. The van der Waals surface area contributed by atoms with Gasteiger partial charge in [-0.25, -0.2) is 0 Å². The Kier molecular flexibility index (Phi) is 2.19. The average molecular weight is 188 g/mol. The summed E-state index contributed by atoms with van der Waals surface area (Å²) in [5, 5.41) is 19.4. The zero-order valence-corrected chi connectivity index (χ0v) is 7.00. The quantitative estimate of drug-likeness (QED) is 0.542. The third-order valence-electron chi connectivity index (χ3n) is 1.46. The maximum atomic E-state index is 10.3. The number of phenols is 1. The van der Waals surface area contributed by atoms with Crippen molar-refractivity contribution in [2.24, 2.45) is 0 Å². The Morgan fingerprint density at radius 3 is 2.67 bits per heavy atom. The maximum Gasteiger partial charge on any atom is 0.291 e. The first-order valence-corrected chi connectivity index (χ1v) is 3.53. The fourth-order valence-corrected chi connectivity index (χ4v) is 1.08. The number of aryl methyl sites for hydroxylation is 1. The minimum absolute atomic E-state index is 0.0373. The minimum atomic E-state index is -0.637. The van der Waals surface area contributed by atoms with Gasteiger partial charge in [0.1, 0.15) is 10.8 Å². The van der Waals surface area contributed by atoms with E-state index in [1.165, 1.54) is 6.07 Å². The fourth-order valence-electron chi connectivity index (χ4n) is 0.790. The van der Waals surface area contributed by atoms with Crippen molar-refractivity contribution in [1.29, 1.82) is 0 Å². The van der Waals surface area contributed by atoms with Crippen molar-refractivity contribution in [3.05, 3.63) is 32.8 Å². The van der Waals surface area contributed by atoms with Gasteiger partial charge < -0.3 is 5.11 Å². The number of nitrogens with zero attached hydrogens (tertiary/aromatic N) is 1. The van der Waals surface area contributed by atoms with E-state index >= 15 is 0 Å². The number of halogens is 1. The van der Waals surface area contributed by atoms with Crippen molar-refractivity contribution in [2.45, 2.75) is 6.92 Å². The molecule has 0 bridgehead atoms. The second kappa shape index (κ2) is 2.98. The Morgan fingerprint density at radius 2 is 2.17 bits per heavy atom. The minimum Gasteiger partial charge on any atom is -0.507 e. The standard InChI is InChI=1S/C7H6ClNO3/c1-4-2-5(8)6(9(11)12)3-7(4)10/h2-3,10H,1H3. The molecule has 0 aliphatic rings. The molecule has 0 spiro atoms. The Bertz CT molecular complexity index is 338. The summed E-state index contributed by atoms with van der Waals surface area (Å²) in [5.41, 5.74) is 0.241. The van der Waals surface area contributed by atoms with Crippen molar-refractivity contribution < 1.29 is 10.0 Å². The van der Waals surface area contributed by atoms with Crippen LogP contribution < -0.4 is 0 Å². The molecule has 0 unspecified atom stereocenters. The lowest BCUT2D eigenvalue weighted by molar-refractivity contribution is -0.384. The second-order valence-corrected chi connectivity index (χ2v) is 2.75. The lowest BCUT2D eigenvalue weighted by Gasteiger charge is -1.99. The molecule has 0 atom stereocenters. The van der Waals surface area contributed by atoms with Crippen molar-refractivity contribution in [3.63, 3.8) is 0 Å². The zero-order valence-electron chi connectivity index (χ0n) is 6.24. The molecule has 0 radical (unpaired) electrons. The number of rotatable bonds is 1. The predicted molar refractivity (Wildman–Crippen MR) is 44.5 cm³/mol. The van der Waals surface area contributed by atoms with E-state index in [2.05, 4.69) is 0 Å². The van der Waals surface area contributed by atoms with Crippen LogP contribution in [-0.4, -0.2) is 10.0 Å². The number of hydrogen-bond acceptors (Lipinski definition) is 3. The summed E-state index contributed by atoms with van der Waals surface area (Å²) in [4.78, 5) is 9.66. The van der Waals surface area contributed by atoms with E-state index < -0.39 is 4.92 Å². The number of hydrogen-bond donors (Lipinski definition) is 1. The first-order chi connectivity index (χ1) is 5.52. The van der Waals surface area contributed by atoms with Crippen molar-refractivity contribution in [1.82, 2.24) is 0 Å². The molecule has 1 aromatic rings. The summed E-state index contributed by atoms with van der Waals surface area (Å²) in [6.45, 7) is 1.62. The van der Waals surface area contributed by atoms with E-state index in [4.69, 9.17) is 16.7 Å². The molecule has 0 heterocycles. The van der Waals surface area contributed by atoms with Gasteiger partial charge >= 0.3 is 0 Å². The van der Waals surface area contributed by atoms with Gasteiger partial charge in [-0.2, -0.15) is 0 Å². The summed E-state index contributed by atoms with van der Waals surface area (Å²) in [5.74, 6) is -0.119. The van der Waals surface area contributed by atoms with Gasteiger partial charge in [-0.1, -0.05) is 11.6 Å². The zero-order chi connectivity index (χ0) is 9.30. The van der Waals surface area contributed by atoms with E-state index in [0.717, 1.165) is 6.07 Å². The number of aromatic hydroxyl groups is 1. The van der Waals surface area contributed by atoms with Gasteiger partial charge in [0.25, 0.3) is 5.69 Å². The van der Waals surface area contributed by atoms with Crippen LogP contribution in [0.1, 0.15) is 5.56 Å². The molecule has 0 saturated carbocycles. The molecule has 12 heavy (non-hydrogen) atoms. The van der Waals surface area contributed by atoms with E-state index in [-0.39, 0.29) is 16.5 Å². The highest BCUT2D eigenvalue weighted by molar-refractivity contribution is 6.32. The summed E-state index contributed by atoms with van der Waals surface area (Å²) in [7, 11) is 0. The van der Waals surface area contributed by atoms with Gasteiger partial charge in [0.15, 0.2) is 0 Å². The van der Waals surface area contributed by atoms with Crippen molar-refractivity contribution in [2.75, 3.05) is 0 Å². The summed E-state index contributed by atoms with van der Waals surface area (Å²) >= 11 is 5.54. The monoisotopic (exact) mass is 187 g/mol. The van der Waals surface area contributed by atoms with Gasteiger partial charge in [0.05, 0.1) is 11.0 Å². The highest BCUT2D eigenvalue weighted by Gasteiger charge is 2.14. The molecule has 0 fully saturated rings. The highest BCUT2D eigenvalue weighted by atomic mass is 35.5. The molecule has 0 saturated heterocycles. The molecule has 0 aromatic heterocycles.